The number of nitrogens with one attached hydrogen (secondary N) is 1. The third kappa shape index (κ3) is 4.69. The zero-order valence-electron chi connectivity index (χ0n) is 17.7. The van der Waals surface area contributed by atoms with Crippen LogP contribution < -0.4 is 10.2 Å². The van der Waals surface area contributed by atoms with E-state index in [0.717, 1.165) is 86.9 Å². The van der Waals surface area contributed by atoms with Crippen LogP contribution in [0.3, 0.4) is 0 Å². The van der Waals surface area contributed by atoms with Crippen molar-refractivity contribution in [2.24, 2.45) is 4.99 Å². The summed E-state index contributed by atoms with van der Waals surface area (Å²) in [6.45, 7) is 9.58. The number of hydrogen-bond acceptors (Lipinski definition) is 7. The number of piperazine rings is 1. The summed E-state index contributed by atoms with van der Waals surface area (Å²) in [5.41, 5.74) is 0.892. The van der Waals surface area contributed by atoms with E-state index in [1.54, 1.807) is 0 Å². The highest BCUT2D eigenvalue weighted by atomic mass is 32.1. The van der Waals surface area contributed by atoms with Crippen molar-refractivity contribution in [1.82, 2.24) is 34.2 Å². The molecule has 0 aliphatic carbocycles. The Labute approximate surface area is 181 Å². The Balaban J connectivity index is 1.30. The molecule has 0 aromatic carbocycles. The van der Waals surface area contributed by atoms with Crippen molar-refractivity contribution < 1.29 is 0 Å². The number of aromatic nitrogens is 5. The first-order valence-electron chi connectivity index (χ1n) is 10.7. The molecule has 10 heteroatoms. The molecule has 1 N–H and O–H groups in total. The monoisotopic (exact) mass is 427 g/mol. The molecule has 1 aliphatic rings. The Kier molecular flexibility index (Phi) is 6.73. The van der Waals surface area contributed by atoms with Crippen molar-refractivity contribution in [1.29, 1.82) is 0 Å². The molecule has 0 spiro atoms. The van der Waals surface area contributed by atoms with Crippen LogP contribution in [-0.4, -0.2) is 74.1 Å². The fraction of sp³-hybridized carbons (Fsp3) is 0.550. The predicted molar refractivity (Wildman–Crippen MR) is 120 cm³/mol. The van der Waals surface area contributed by atoms with Gasteiger partial charge in [-0.2, -0.15) is 4.37 Å². The van der Waals surface area contributed by atoms with Crippen LogP contribution in [0.15, 0.2) is 29.4 Å². The van der Waals surface area contributed by atoms with Crippen molar-refractivity contribution in [3.63, 3.8) is 0 Å². The summed E-state index contributed by atoms with van der Waals surface area (Å²) < 4.78 is 6.46. The minimum absolute atomic E-state index is 0.764. The summed E-state index contributed by atoms with van der Waals surface area (Å²) in [5, 5.41) is 13.0. The van der Waals surface area contributed by atoms with E-state index in [4.69, 9.17) is 4.99 Å². The van der Waals surface area contributed by atoms with Gasteiger partial charge in [-0.15, -0.1) is 10.2 Å². The summed E-state index contributed by atoms with van der Waals surface area (Å²) in [7, 11) is 0. The molecule has 0 bridgehead atoms. The molecule has 4 heterocycles. The van der Waals surface area contributed by atoms with Crippen LogP contribution in [0.5, 0.6) is 0 Å². The average molecular weight is 428 g/mol. The van der Waals surface area contributed by atoms with Gasteiger partial charge in [0.2, 0.25) is 5.13 Å². The van der Waals surface area contributed by atoms with Gasteiger partial charge in [0.15, 0.2) is 11.6 Å². The van der Waals surface area contributed by atoms with E-state index in [9.17, 15) is 0 Å². The highest BCUT2D eigenvalue weighted by Crippen LogP contribution is 2.19. The number of rotatable bonds is 7. The normalized spacial score (nSPS) is 15.2. The van der Waals surface area contributed by atoms with E-state index >= 15 is 0 Å². The Bertz CT molecular complexity index is 971. The molecule has 0 amide bonds. The smallest absolute Gasteiger partial charge is 0.205 e. The van der Waals surface area contributed by atoms with E-state index in [0.29, 0.717) is 0 Å². The Morgan fingerprint density at radius 2 is 2.03 bits per heavy atom. The highest BCUT2D eigenvalue weighted by Gasteiger charge is 2.22. The Morgan fingerprint density at radius 3 is 2.80 bits per heavy atom. The maximum absolute atomic E-state index is 4.86. The second kappa shape index (κ2) is 9.84. The highest BCUT2D eigenvalue weighted by molar-refractivity contribution is 7.09. The van der Waals surface area contributed by atoms with Crippen LogP contribution in [0.4, 0.5) is 5.13 Å². The number of aliphatic imine (C=N–C) groups is 1. The topological polar surface area (TPSA) is 86.8 Å². The molecule has 3 aromatic heterocycles. The summed E-state index contributed by atoms with van der Waals surface area (Å²) in [6.07, 6.45) is 4.70. The summed E-state index contributed by atoms with van der Waals surface area (Å²) in [5.74, 6) is 2.92. The number of pyridine rings is 1. The van der Waals surface area contributed by atoms with Gasteiger partial charge in [-0.25, -0.2) is 4.98 Å². The lowest BCUT2D eigenvalue weighted by atomic mass is 10.3. The van der Waals surface area contributed by atoms with Crippen molar-refractivity contribution in [3.05, 3.63) is 36.0 Å². The van der Waals surface area contributed by atoms with E-state index < -0.39 is 0 Å². The van der Waals surface area contributed by atoms with Gasteiger partial charge in [-0.3, -0.25) is 9.39 Å². The van der Waals surface area contributed by atoms with E-state index in [-0.39, 0.29) is 0 Å². The molecule has 9 nitrogen and oxygen atoms in total. The zero-order chi connectivity index (χ0) is 20.8. The van der Waals surface area contributed by atoms with Crippen LogP contribution in [0, 0.1) is 0 Å². The van der Waals surface area contributed by atoms with Crippen LogP contribution in [-0.2, 0) is 12.8 Å². The molecule has 0 atom stereocenters. The number of hydrogen-bond donors (Lipinski definition) is 1. The molecule has 3 aromatic rings. The number of aryl methyl sites for hydroxylation is 2. The first-order valence-corrected chi connectivity index (χ1v) is 11.4. The number of fused-ring (bicyclic) bond motifs is 1. The van der Waals surface area contributed by atoms with Gasteiger partial charge in [0.25, 0.3) is 0 Å². The molecule has 1 saturated heterocycles. The zero-order valence-corrected chi connectivity index (χ0v) is 18.5. The minimum Gasteiger partial charge on any atom is -0.357 e. The van der Waals surface area contributed by atoms with Gasteiger partial charge in [0, 0.05) is 69.8 Å². The standard InChI is InChI=1S/C20H29N9S/c1-3-16-23-20(30-26-16)28-14-12-27(13-15-28)19(21-4-2)22-10-7-9-18-25-24-17-8-5-6-11-29(17)18/h5-6,8,11H,3-4,7,9-10,12-15H2,1-2H3,(H,21,22). The maximum atomic E-state index is 4.86. The molecule has 1 aliphatic heterocycles. The van der Waals surface area contributed by atoms with Crippen LogP contribution in [0.2, 0.25) is 0 Å². The number of nitrogens with zero attached hydrogens (tertiary/aromatic N) is 8. The fourth-order valence-corrected chi connectivity index (χ4v) is 4.34. The maximum Gasteiger partial charge on any atom is 0.205 e. The summed E-state index contributed by atoms with van der Waals surface area (Å²) >= 11 is 1.50. The molecule has 0 unspecified atom stereocenters. The van der Waals surface area contributed by atoms with E-state index in [1.807, 2.05) is 28.8 Å². The van der Waals surface area contributed by atoms with Gasteiger partial charge in [-0.1, -0.05) is 13.0 Å². The molecule has 4 rings (SSSR count). The Morgan fingerprint density at radius 1 is 1.17 bits per heavy atom. The largest absolute Gasteiger partial charge is 0.357 e. The van der Waals surface area contributed by atoms with Gasteiger partial charge < -0.3 is 15.1 Å². The summed E-state index contributed by atoms with van der Waals surface area (Å²) in [6, 6.07) is 5.96. The lowest BCUT2D eigenvalue weighted by Crippen LogP contribution is -2.52. The van der Waals surface area contributed by atoms with Crippen LogP contribution in [0.1, 0.15) is 31.9 Å². The quantitative estimate of drug-likeness (QED) is 0.350. The van der Waals surface area contributed by atoms with Gasteiger partial charge >= 0.3 is 0 Å². The van der Waals surface area contributed by atoms with Gasteiger partial charge in [-0.05, 0) is 25.5 Å². The van der Waals surface area contributed by atoms with Gasteiger partial charge in [0.1, 0.15) is 11.6 Å². The van der Waals surface area contributed by atoms with Crippen molar-refractivity contribution in [2.45, 2.75) is 33.1 Å². The molecular weight excluding hydrogens is 398 g/mol. The van der Waals surface area contributed by atoms with Crippen LogP contribution in [0.25, 0.3) is 5.65 Å². The summed E-state index contributed by atoms with van der Waals surface area (Å²) in [4.78, 5) is 14.2. The van der Waals surface area contributed by atoms with E-state index in [1.165, 1.54) is 11.5 Å². The molecular formula is C20H29N9S. The molecule has 160 valence electrons. The van der Waals surface area contributed by atoms with Crippen molar-refractivity contribution in [3.8, 4) is 0 Å². The van der Waals surface area contributed by atoms with E-state index in [2.05, 4.69) is 48.5 Å². The first kappa shape index (κ1) is 20.5. The lowest BCUT2D eigenvalue weighted by Gasteiger charge is -2.36. The third-order valence-corrected chi connectivity index (χ3v) is 5.98. The second-order valence-electron chi connectivity index (χ2n) is 7.21. The van der Waals surface area contributed by atoms with Crippen LogP contribution >= 0.6 is 11.5 Å². The minimum atomic E-state index is 0.764. The van der Waals surface area contributed by atoms with Crippen molar-refractivity contribution in [2.75, 3.05) is 44.2 Å². The first-order chi connectivity index (χ1) is 14.8. The average Bonchev–Trinajstić information content (AvgIpc) is 3.43. The van der Waals surface area contributed by atoms with Gasteiger partial charge in [0.05, 0.1) is 0 Å². The Hall–Kier alpha value is -2.75. The predicted octanol–water partition coefficient (Wildman–Crippen LogP) is 1.86. The molecule has 1 fully saturated rings. The number of guanidine groups is 1. The fourth-order valence-electron chi connectivity index (χ4n) is 3.54. The van der Waals surface area contributed by atoms with Crippen molar-refractivity contribution >= 4 is 28.3 Å². The molecule has 0 saturated carbocycles. The molecule has 0 radical (unpaired) electrons. The number of anilines is 1. The third-order valence-electron chi connectivity index (χ3n) is 5.16. The molecule has 30 heavy (non-hydrogen) atoms. The second-order valence-corrected chi connectivity index (χ2v) is 7.94. The SMILES string of the molecule is CCNC(=NCCCc1nnc2ccccn12)N1CCN(c2nc(CC)ns2)CC1. The lowest BCUT2D eigenvalue weighted by molar-refractivity contribution is 0.372.